The van der Waals surface area contributed by atoms with Gasteiger partial charge in [-0.2, -0.15) is 0 Å². The third kappa shape index (κ3) is 4.28. The number of aromatic nitrogens is 1. The number of nitrogens with zero attached hydrogens (tertiary/aromatic N) is 2. The molecule has 4 rings (SSSR count). The second-order valence-corrected chi connectivity index (χ2v) is 7.22. The van der Waals surface area contributed by atoms with Gasteiger partial charge in [0.2, 0.25) is 11.7 Å². The Kier molecular flexibility index (Phi) is 5.82. The lowest BCUT2D eigenvalue weighted by atomic mass is 9.92. The van der Waals surface area contributed by atoms with Crippen molar-refractivity contribution in [3.63, 3.8) is 0 Å². The van der Waals surface area contributed by atoms with E-state index in [0.717, 1.165) is 5.56 Å². The van der Waals surface area contributed by atoms with Crippen LogP contribution in [0.15, 0.2) is 66.4 Å². The number of pyridine rings is 1. The standard InChI is InChI=1S/C26H19FN2O3/c1-29-23-10-9-17(5-3-6-18-11-12-28-24(16-18)32-2)14-21(23)25(30)22(26(29)31)15-19-7-4-8-20(27)13-19/h4,7-16H,6H2,1-2H3/b22-15-. The van der Waals surface area contributed by atoms with Crippen LogP contribution in [0.4, 0.5) is 10.1 Å². The predicted octanol–water partition coefficient (Wildman–Crippen LogP) is 4.07. The van der Waals surface area contributed by atoms with E-state index in [4.69, 9.17) is 4.74 Å². The second-order valence-electron chi connectivity index (χ2n) is 7.22. The molecule has 0 radical (unpaired) electrons. The molecule has 0 fully saturated rings. The summed E-state index contributed by atoms with van der Waals surface area (Å²) in [4.78, 5) is 31.3. The first-order chi connectivity index (χ1) is 15.5. The zero-order chi connectivity index (χ0) is 22.7. The molecular weight excluding hydrogens is 407 g/mol. The number of ether oxygens (including phenoxy) is 1. The molecule has 2 heterocycles. The highest BCUT2D eigenvalue weighted by atomic mass is 19.1. The van der Waals surface area contributed by atoms with E-state index in [1.165, 1.54) is 29.2 Å². The largest absolute Gasteiger partial charge is 0.481 e. The Morgan fingerprint density at radius 2 is 1.97 bits per heavy atom. The molecule has 1 amide bonds. The molecular formula is C26H19FN2O3. The van der Waals surface area contributed by atoms with Crippen molar-refractivity contribution in [3.8, 4) is 17.7 Å². The number of methoxy groups -OCH3 is 1. The fourth-order valence-electron chi connectivity index (χ4n) is 3.43. The molecule has 2 aromatic carbocycles. The molecule has 0 N–H and O–H groups in total. The molecule has 0 aliphatic carbocycles. The van der Waals surface area contributed by atoms with Gasteiger partial charge in [-0.15, -0.1) is 0 Å². The number of ketones is 1. The Hall–Kier alpha value is -4.24. The van der Waals surface area contributed by atoms with Gasteiger partial charge in [-0.1, -0.05) is 24.0 Å². The molecule has 6 heteroatoms. The number of anilines is 1. The number of hydrogen-bond acceptors (Lipinski definition) is 4. The summed E-state index contributed by atoms with van der Waals surface area (Å²) in [6, 6.07) is 14.6. The van der Waals surface area contributed by atoms with Crippen LogP contribution in [0.1, 0.15) is 27.0 Å². The van der Waals surface area contributed by atoms with Crippen molar-refractivity contribution in [2.24, 2.45) is 0 Å². The first-order valence-corrected chi connectivity index (χ1v) is 9.88. The third-order valence-corrected chi connectivity index (χ3v) is 5.08. The van der Waals surface area contributed by atoms with E-state index >= 15 is 0 Å². The van der Waals surface area contributed by atoms with E-state index in [1.54, 1.807) is 44.6 Å². The minimum Gasteiger partial charge on any atom is -0.481 e. The quantitative estimate of drug-likeness (QED) is 0.360. The summed E-state index contributed by atoms with van der Waals surface area (Å²) >= 11 is 0. The van der Waals surface area contributed by atoms with Crippen molar-refractivity contribution >= 4 is 23.5 Å². The SMILES string of the molecule is COc1cc(CC#Cc2ccc3c(c2)C(=O)/C(=C/c2cccc(F)c2)C(=O)N3C)ccn1. The summed E-state index contributed by atoms with van der Waals surface area (Å²) in [5.41, 5.74) is 2.95. The van der Waals surface area contributed by atoms with Crippen LogP contribution in [0.25, 0.3) is 6.08 Å². The Morgan fingerprint density at radius 1 is 1.12 bits per heavy atom. The first kappa shape index (κ1) is 21.0. The molecule has 3 aromatic rings. The molecule has 32 heavy (non-hydrogen) atoms. The van der Waals surface area contributed by atoms with Gasteiger partial charge >= 0.3 is 0 Å². The molecule has 0 unspecified atom stereocenters. The summed E-state index contributed by atoms with van der Waals surface area (Å²) in [6.07, 6.45) is 3.57. The van der Waals surface area contributed by atoms with Crippen molar-refractivity contribution in [3.05, 3.63) is 94.4 Å². The highest BCUT2D eigenvalue weighted by Gasteiger charge is 2.32. The molecule has 1 aliphatic heterocycles. The van der Waals surface area contributed by atoms with E-state index in [2.05, 4.69) is 16.8 Å². The van der Waals surface area contributed by atoms with Gasteiger partial charge in [0.1, 0.15) is 5.82 Å². The molecule has 0 bridgehead atoms. The summed E-state index contributed by atoms with van der Waals surface area (Å²) in [6.45, 7) is 0. The third-order valence-electron chi connectivity index (χ3n) is 5.08. The zero-order valence-electron chi connectivity index (χ0n) is 17.6. The van der Waals surface area contributed by atoms with E-state index < -0.39 is 17.5 Å². The number of benzene rings is 2. The summed E-state index contributed by atoms with van der Waals surface area (Å²) in [7, 11) is 3.16. The number of amides is 1. The Morgan fingerprint density at radius 3 is 2.75 bits per heavy atom. The maximum absolute atomic E-state index is 13.5. The number of likely N-dealkylation sites (N-methyl/N-ethyl adjacent to an activating group) is 1. The average Bonchev–Trinajstić information content (AvgIpc) is 2.80. The molecule has 0 spiro atoms. The lowest BCUT2D eigenvalue weighted by Crippen LogP contribution is -2.36. The monoisotopic (exact) mass is 426 g/mol. The topological polar surface area (TPSA) is 59.5 Å². The number of Topliss-reactive ketones (excluding diaryl/α,β-unsaturated/α-hetero) is 1. The van der Waals surface area contributed by atoms with Gasteiger partial charge in [0.25, 0.3) is 5.91 Å². The molecule has 1 aliphatic rings. The molecule has 0 atom stereocenters. The molecule has 5 nitrogen and oxygen atoms in total. The van der Waals surface area contributed by atoms with Crippen LogP contribution in [-0.2, 0) is 11.2 Å². The van der Waals surface area contributed by atoms with E-state index in [-0.39, 0.29) is 5.57 Å². The maximum Gasteiger partial charge on any atom is 0.262 e. The fourth-order valence-corrected chi connectivity index (χ4v) is 3.43. The number of rotatable bonds is 3. The van der Waals surface area contributed by atoms with Crippen LogP contribution in [0.5, 0.6) is 5.88 Å². The van der Waals surface area contributed by atoms with Crippen LogP contribution < -0.4 is 9.64 Å². The van der Waals surface area contributed by atoms with Gasteiger partial charge in [-0.05, 0) is 53.6 Å². The van der Waals surface area contributed by atoms with E-state index in [0.29, 0.717) is 34.7 Å². The maximum atomic E-state index is 13.5. The molecule has 158 valence electrons. The van der Waals surface area contributed by atoms with Crippen molar-refractivity contribution in [1.29, 1.82) is 0 Å². The first-order valence-electron chi connectivity index (χ1n) is 9.88. The number of carbonyl (C=O) groups is 2. The molecule has 0 saturated carbocycles. The Labute approximate surface area is 185 Å². The summed E-state index contributed by atoms with van der Waals surface area (Å²) in [5, 5.41) is 0. The van der Waals surface area contributed by atoms with E-state index in [1.807, 2.05) is 12.1 Å². The van der Waals surface area contributed by atoms with Crippen molar-refractivity contribution in [2.45, 2.75) is 6.42 Å². The predicted molar refractivity (Wildman–Crippen MR) is 120 cm³/mol. The molecule has 1 aromatic heterocycles. The zero-order valence-corrected chi connectivity index (χ0v) is 17.6. The van der Waals surface area contributed by atoms with Crippen molar-refractivity contribution in [1.82, 2.24) is 4.98 Å². The minimum absolute atomic E-state index is 0.0143. The van der Waals surface area contributed by atoms with Crippen molar-refractivity contribution < 1.29 is 18.7 Å². The van der Waals surface area contributed by atoms with Crippen LogP contribution >= 0.6 is 0 Å². The lowest BCUT2D eigenvalue weighted by Gasteiger charge is -2.26. The summed E-state index contributed by atoms with van der Waals surface area (Å²) in [5.74, 6) is 5.39. The minimum atomic E-state index is -0.437. The Balaban J connectivity index is 1.64. The normalized spacial score (nSPS) is 14.1. The average molecular weight is 426 g/mol. The summed E-state index contributed by atoms with van der Waals surface area (Å²) < 4.78 is 18.6. The van der Waals surface area contributed by atoms with Crippen LogP contribution in [0, 0.1) is 17.7 Å². The number of carbonyl (C=O) groups excluding carboxylic acids is 2. The highest BCUT2D eigenvalue weighted by Crippen LogP contribution is 2.31. The van der Waals surface area contributed by atoms with Crippen LogP contribution in [0.3, 0.4) is 0 Å². The van der Waals surface area contributed by atoms with Crippen LogP contribution in [0.2, 0.25) is 0 Å². The van der Waals surface area contributed by atoms with Gasteiger partial charge < -0.3 is 9.64 Å². The number of hydrogen-bond donors (Lipinski definition) is 0. The Bertz CT molecular complexity index is 1320. The van der Waals surface area contributed by atoms with Crippen LogP contribution in [-0.4, -0.2) is 30.8 Å². The van der Waals surface area contributed by atoms with Gasteiger partial charge in [-0.25, -0.2) is 9.37 Å². The lowest BCUT2D eigenvalue weighted by molar-refractivity contribution is -0.114. The number of fused-ring (bicyclic) bond motifs is 1. The highest BCUT2D eigenvalue weighted by molar-refractivity contribution is 6.36. The molecule has 0 saturated heterocycles. The van der Waals surface area contributed by atoms with Gasteiger partial charge in [0.05, 0.1) is 18.4 Å². The number of halogens is 1. The van der Waals surface area contributed by atoms with Gasteiger partial charge in [0.15, 0.2) is 0 Å². The smallest absolute Gasteiger partial charge is 0.262 e. The second kappa shape index (κ2) is 8.86. The van der Waals surface area contributed by atoms with Gasteiger partial charge in [0, 0.05) is 36.9 Å². The van der Waals surface area contributed by atoms with Crippen molar-refractivity contribution in [2.75, 3.05) is 19.1 Å². The van der Waals surface area contributed by atoms with Gasteiger partial charge in [-0.3, -0.25) is 9.59 Å². The van der Waals surface area contributed by atoms with E-state index in [9.17, 15) is 14.0 Å². The fraction of sp³-hybridized carbons (Fsp3) is 0.115.